The molecule has 0 radical (unpaired) electrons. The quantitative estimate of drug-likeness (QED) is 0.595. The van der Waals surface area contributed by atoms with Gasteiger partial charge in [0, 0.05) is 29.6 Å². The van der Waals surface area contributed by atoms with E-state index in [9.17, 15) is 4.79 Å². The van der Waals surface area contributed by atoms with Crippen molar-refractivity contribution in [1.29, 1.82) is 0 Å². The largest absolute Gasteiger partial charge is 0.486 e. The van der Waals surface area contributed by atoms with E-state index >= 15 is 0 Å². The maximum atomic E-state index is 12.0. The van der Waals surface area contributed by atoms with Crippen molar-refractivity contribution in [2.75, 3.05) is 20.3 Å². The summed E-state index contributed by atoms with van der Waals surface area (Å²) in [7, 11) is 2.01. The molecule has 0 atom stereocenters. The number of benzene rings is 2. The third-order valence-corrected chi connectivity index (χ3v) is 5.23. The fraction of sp³-hybridized carbons (Fsp3) is 0.318. The topological polar surface area (TPSA) is 51.9 Å². The second kappa shape index (κ2) is 7.86. The monoisotopic (exact) mass is 399 g/mol. The molecule has 0 fully saturated rings. The van der Waals surface area contributed by atoms with Crippen LogP contribution in [0.4, 0.5) is 0 Å². The van der Waals surface area contributed by atoms with Crippen LogP contribution < -0.4 is 15.1 Å². The first-order chi connectivity index (χ1) is 13.5. The normalized spacial score (nSPS) is 13.3. The number of hydrogen-bond acceptors (Lipinski definition) is 5. The van der Waals surface area contributed by atoms with Crippen molar-refractivity contribution in [3.8, 4) is 11.5 Å². The summed E-state index contributed by atoms with van der Waals surface area (Å²) in [6.45, 7) is 4.48. The van der Waals surface area contributed by atoms with Crippen molar-refractivity contribution < 1.29 is 13.9 Å². The molecule has 1 aliphatic heterocycles. The molecule has 1 aromatic heterocycles. The van der Waals surface area contributed by atoms with E-state index in [1.807, 2.05) is 44.3 Å². The van der Waals surface area contributed by atoms with Gasteiger partial charge in [0.15, 0.2) is 11.5 Å². The van der Waals surface area contributed by atoms with Gasteiger partial charge in [0.1, 0.15) is 18.8 Å². The third kappa shape index (κ3) is 3.86. The van der Waals surface area contributed by atoms with Gasteiger partial charge >= 0.3 is 5.63 Å². The number of nitrogens with zero attached hydrogens (tertiary/aromatic N) is 1. The van der Waals surface area contributed by atoms with E-state index in [2.05, 4.69) is 4.90 Å². The van der Waals surface area contributed by atoms with Gasteiger partial charge in [0.25, 0.3) is 0 Å². The minimum absolute atomic E-state index is 0.348. The Hall–Kier alpha value is -2.50. The van der Waals surface area contributed by atoms with Gasteiger partial charge in [0.05, 0.1) is 0 Å². The molecule has 4 rings (SSSR count). The molecule has 1 aliphatic rings. The molecule has 0 saturated heterocycles. The maximum absolute atomic E-state index is 12.0. The zero-order valence-electron chi connectivity index (χ0n) is 16.0. The molecule has 0 amide bonds. The summed E-state index contributed by atoms with van der Waals surface area (Å²) in [5.74, 6) is 1.56. The Bertz CT molecular complexity index is 1080. The minimum atomic E-state index is -0.348. The standard InChI is InChI=1S/C22H22ClNO4/c1-3-15-9-20-17(11-18(15)23)16(10-22(25)28-20)13-24(2)12-14-4-5-19-21(8-14)27-7-6-26-19/h4-5,8-11H,3,6-7,12-13H2,1-2H3. The van der Waals surface area contributed by atoms with Crippen LogP contribution in [-0.2, 0) is 19.5 Å². The van der Waals surface area contributed by atoms with E-state index in [0.29, 0.717) is 36.9 Å². The lowest BCUT2D eigenvalue weighted by atomic mass is 10.1. The molecule has 0 saturated carbocycles. The zero-order chi connectivity index (χ0) is 19.7. The lowest BCUT2D eigenvalue weighted by molar-refractivity contribution is 0.171. The average Bonchev–Trinajstić information content (AvgIpc) is 2.68. The Morgan fingerprint density at radius 3 is 2.57 bits per heavy atom. The van der Waals surface area contributed by atoms with Gasteiger partial charge in [-0.2, -0.15) is 0 Å². The molecule has 0 unspecified atom stereocenters. The molecule has 28 heavy (non-hydrogen) atoms. The molecule has 2 heterocycles. The average molecular weight is 400 g/mol. The molecule has 0 bridgehead atoms. The van der Waals surface area contributed by atoms with Crippen molar-refractivity contribution in [3.63, 3.8) is 0 Å². The molecule has 0 aliphatic carbocycles. The second-order valence-electron chi connectivity index (χ2n) is 7.03. The lowest BCUT2D eigenvalue weighted by Gasteiger charge is -2.21. The first-order valence-corrected chi connectivity index (χ1v) is 9.73. The summed E-state index contributed by atoms with van der Waals surface area (Å²) in [5, 5.41) is 1.57. The van der Waals surface area contributed by atoms with Crippen LogP contribution in [0.1, 0.15) is 23.6 Å². The van der Waals surface area contributed by atoms with Gasteiger partial charge in [-0.15, -0.1) is 0 Å². The molecule has 2 aromatic carbocycles. The molecule has 0 N–H and O–H groups in total. The lowest BCUT2D eigenvalue weighted by Crippen LogP contribution is -2.19. The summed E-state index contributed by atoms with van der Waals surface area (Å²) < 4.78 is 16.6. The minimum Gasteiger partial charge on any atom is -0.486 e. The predicted octanol–water partition coefficient (Wildman–Crippen LogP) is 4.41. The molecule has 146 valence electrons. The SMILES string of the molecule is CCc1cc2oc(=O)cc(CN(C)Cc3ccc4c(c3)OCCO4)c2cc1Cl. The van der Waals surface area contributed by atoms with E-state index in [-0.39, 0.29) is 5.63 Å². The fourth-order valence-corrected chi connectivity index (χ4v) is 3.83. The van der Waals surface area contributed by atoms with E-state index in [1.54, 1.807) is 6.07 Å². The zero-order valence-corrected chi connectivity index (χ0v) is 16.7. The number of hydrogen-bond donors (Lipinski definition) is 0. The number of aryl methyl sites for hydroxylation is 1. The van der Waals surface area contributed by atoms with Crippen LogP contribution >= 0.6 is 11.6 Å². The molecule has 3 aromatic rings. The smallest absolute Gasteiger partial charge is 0.336 e. The Balaban J connectivity index is 1.59. The van der Waals surface area contributed by atoms with E-state index in [4.69, 9.17) is 25.5 Å². The van der Waals surface area contributed by atoms with Crippen LogP contribution in [0.25, 0.3) is 11.0 Å². The maximum Gasteiger partial charge on any atom is 0.336 e. The van der Waals surface area contributed by atoms with Gasteiger partial charge in [-0.25, -0.2) is 4.79 Å². The predicted molar refractivity (Wildman–Crippen MR) is 109 cm³/mol. The third-order valence-electron chi connectivity index (χ3n) is 4.88. The Kier molecular flexibility index (Phi) is 5.29. The van der Waals surface area contributed by atoms with Gasteiger partial charge in [0.2, 0.25) is 0 Å². The summed E-state index contributed by atoms with van der Waals surface area (Å²) in [4.78, 5) is 14.2. The number of ether oxygens (including phenoxy) is 2. The van der Waals surface area contributed by atoms with Crippen LogP contribution in [-0.4, -0.2) is 25.2 Å². The highest BCUT2D eigenvalue weighted by Gasteiger charge is 2.14. The van der Waals surface area contributed by atoms with Gasteiger partial charge < -0.3 is 13.9 Å². The van der Waals surface area contributed by atoms with Crippen molar-refractivity contribution >= 4 is 22.6 Å². The van der Waals surface area contributed by atoms with Crippen molar-refractivity contribution in [3.05, 3.63) is 68.5 Å². The van der Waals surface area contributed by atoms with Crippen LogP contribution in [0.2, 0.25) is 5.02 Å². The van der Waals surface area contributed by atoms with E-state index in [0.717, 1.165) is 40.0 Å². The van der Waals surface area contributed by atoms with Gasteiger partial charge in [-0.1, -0.05) is 24.6 Å². The highest BCUT2D eigenvalue weighted by molar-refractivity contribution is 6.32. The number of fused-ring (bicyclic) bond motifs is 2. The molecular weight excluding hydrogens is 378 g/mol. The second-order valence-corrected chi connectivity index (χ2v) is 7.44. The van der Waals surface area contributed by atoms with Crippen molar-refractivity contribution in [2.45, 2.75) is 26.4 Å². The number of halogens is 1. The summed E-state index contributed by atoms with van der Waals surface area (Å²) in [6, 6.07) is 11.3. The molecule has 6 heteroatoms. The van der Waals surface area contributed by atoms with Crippen LogP contribution in [0.3, 0.4) is 0 Å². The van der Waals surface area contributed by atoms with Crippen molar-refractivity contribution in [1.82, 2.24) is 4.90 Å². The molecule has 5 nitrogen and oxygen atoms in total. The van der Waals surface area contributed by atoms with Crippen molar-refractivity contribution in [2.24, 2.45) is 0 Å². The van der Waals surface area contributed by atoms with Crippen LogP contribution in [0, 0.1) is 0 Å². The van der Waals surface area contributed by atoms with Crippen LogP contribution in [0.5, 0.6) is 11.5 Å². The van der Waals surface area contributed by atoms with Gasteiger partial charge in [-0.3, -0.25) is 4.90 Å². The Morgan fingerprint density at radius 2 is 1.79 bits per heavy atom. The summed E-state index contributed by atoms with van der Waals surface area (Å²) in [5.41, 5.74) is 3.22. The first kappa shape index (κ1) is 18.8. The molecular formula is C22H22ClNO4. The number of rotatable bonds is 5. The highest BCUT2D eigenvalue weighted by Crippen LogP contribution is 2.31. The highest BCUT2D eigenvalue weighted by atomic mass is 35.5. The van der Waals surface area contributed by atoms with E-state index in [1.165, 1.54) is 0 Å². The summed E-state index contributed by atoms with van der Waals surface area (Å²) in [6.07, 6.45) is 0.784. The fourth-order valence-electron chi connectivity index (χ4n) is 3.53. The Labute approximate surface area is 168 Å². The van der Waals surface area contributed by atoms with Crippen LogP contribution in [0.15, 0.2) is 45.6 Å². The first-order valence-electron chi connectivity index (χ1n) is 9.35. The Morgan fingerprint density at radius 1 is 1.00 bits per heavy atom. The summed E-state index contributed by atoms with van der Waals surface area (Å²) >= 11 is 6.39. The van der Waals surface area contributed by atoms with E-state index < -0.39 is 0 Å². The van der Waals surface area contributed by atoms with Gasteiger partial charge in [-0.05, 0) is 54.4 Å². The molecule has 0 spiro atoms.